The second-order valence-corrected chi connectivity index (χ2v) is 7.78. The summed E-state index contributed by atoms with van der Waals surface area (Å²) in [4.78, 5) is 25.7. The van der Waals surface area contributed by atoms with E-state index < -0.39 is 12.2 Å². The van der Waals surface area contributed by atoms with Crippen LogP contribution in [0, 0.1) is 0 Å². The number of amides is 2. The number of hydrogen-bond donors (Lipinski definition) is 2. The van der Waals surface area contributed by atoms with E-state index in [1.807, 2.05) is 0 Å². The molecule has 2 N–H and O–H groups in total. The number of carbonyl (C=O) groups is 2. The van der Waals surface area contributed by atoms with Gasteiger partial charge in [-0.2, -0.15) is 0 Å². The number of nitrogens with zero attached hydrogens (tertiary/aromatic N) is 2. The van der Waals surface area contributed by atoms with Crippen molar-refractivity contribution < 1.29 is 19.8 Å². The van der Waals surface area contributed by atoms with Crippen molar-refractivity contribution in [2.45, 2.75) is 104 Å². The molecule has 0 saturated carbocycles. The summed E-state index contributed by atoms with van der Waals surface area (Å²) in [6.07, 6.45) is 13.2. The molecule has 0 aliphatic heterocycles. The van der Waals surface area contributed by atoms with Gasteiger partial charge in [-0.25, -0.2) is 9.59 Å². The van der Waals surface area contributed by atoms with E-state index in [1.165, 1.54) is 48.3 Å². The fraction of sp³-hybridized carbons (Fsp3) is 0.909. The first-order valence-electron chi connectivity index (χ1n) is 11.5. The van der Waals surface area contributed by atoms with Crippen molar-refractivity contribution in [3.63, 3.8) is 0 Å². The third kappa shape index (κ3) is 15.6. The van der Waals surface area contributed by atoms with E-state index in [0.717, 1.165) is 51.4 Å². The van der Waals surface area contributed by atoms with Crippen molar-refractivity contribution >= 4 is 12.2 Å². The molecule has 0 heterocycles. The summed E-state index contributed by atoms with van der Waals surface area (Å²) in [5, 5.41) is 18.6. The third-order valence-corrected chi connectivity index (χ3v) is 5.21. The lowest BCUT2D eigenvalue weighted by atomic mass is 10.1. The van der Waals surface area contributed by atoms with Crippen LogP contribution in [-0.4, -0.2) is 58.4 Å². The molecular weight excluding hydrogens is 356 g/mol. The predicted molar refractivity (Wildman–Crippen MR) is 115 cm³/mol. The van der Waals surface area contributed by atoms with Crippen LogP contribution in [0.15, 0.2) is 0 Å². The van der Waals surface area contributed by atoms with Crippen LogP contribution in [-0.2, 0) is 0 Å². The zero-order valence-corrected chi connectivity index (χ0v) is 18.3. The minimum atomic E-state index is -0.824. The zero-order valence-electron chi connectivity index (χ0n) is 18.3. The molecule has 0 rings (SSSR count). The van der Waals surface area contributed by atoms with Gasteiger partial charge in [-0.3, -0.25) is 0 Å². The van der Waals surface area contributed by atoms with Gasteiger partial charge in [-0.05, 0) is 25.7 Å². The average molecular weight is 401 g/mol. The monoisotopic (exact) mass is 400 g/mol. The maximum Gasteiger partial charge on any atom is 0.407 e. The summed E-state index contributed by atoms with van der Waals surface area (Å²) in [5.41, 5.74) is 0. The summed E-state index contributed by atoms with van der Waals surface area (Å²) in [6, 6.07) is 0. The van der Waals surface area contributed by atoms with E-state index >= 15 is 0 Å². The largest absolute Gasteiger partial charge is 0.465 e. The van der Waals surface area contributed by atoms with Gasteiger partial charge in [0.05, 0.1) is 0 Å². The van der Waals surface area contributed by atoms with Gasteiger partial charge in [0.2, 0.25) is 0 Å². The first kappa shape index (κ1) is 26.5. The average Bonchev–Trinajstić information content (AvgIpc) is 2.66. The Morgan fingerprint density at radius 1 is 0.500 bits per heavy atom. The highest BCUT2D eigenvalue weighted by Crippen LogP contribution is 2.09. The maximum absolute atomic E-state index is 11.3. The number of carboxylic acid groups (broad SMARTS) is 2. The Morgan fingerprint density at radius 3 is 0.964 bits per heavy atom. The van der Waals surface area contributed by atoms with Crippen LogP contribution in [0.1, 0.15) is 104 Å². The molecule has 0 aliphatic rings. The molecule has 0 aromatic carbocycles. The van der Waals surface area contributed by atoms with E-state index in [-0.39, 0.29) is 0 Å². The smallest absolute Gasteiger partial charge is 0.407 e. The van der Waals surface area contributed by atoms with Crippen LogP contribution in [0.2, 0.25) is 0 Å². The van der Waals surface area contributed by atoms with Gasteiger partial charge in [-0.1, -0.05) is 78.1 Å². The van der Waals surface area contributed by atoms with Crippen LogP contribution in [0.25, 0.3) is 0 Å². The van der Waals surface area contributed by atoms with Crippen molar-refractivity contribution in [2.24, 2.45) is 0 Å². The standard InChI is InChI=1S/C22H44N2O4/c1-3-5-7-9-13-17-23(21(25)26)19-15-11-12-16-20-24(22(27)28)18-14-10-8-6-4-2/h3-20H2,1-2H3,(H,25,26)(H,27,28). The van der Waals surface area contributed by atoms with Gasteiger partial charge >= 0.3 is 12.2 Å². The van der Waals surface area contributed by atoms with Gasteiger partial charge in [0.1, 0.15) is 0 Å². The van der Waals surface area contributed by atoms with Gasteiger partial charge in [0.15, 0.2) is 0 Å². The SMILES string of the molecule is CCCCCCCN(CCCCCCN(CCCCCCC)C(=O)O)C(=O)O. The molecule has 0 atom stereocenters. The van der Waals surface area contributed by atoms with E-state index in [2.05, 4.69) is 13.8 Å². The van der Waals surface area contributed by atoms with Crippen LogP contribution < -0.4 is 0 Å². The molecule has 0 fully saturated rings. The lowest BCUT2D eigenvalue weighted by molar-refractivity contribution is 0.140. The summed E-state index contributed by atoms with van der Waals surface area (Å²) in [6.45, 7) is 6.78. The molecule has 6 heteroatoms. The second-order valence-electron chi connectivity index (χ2n) is 7.78. The van der Waals surface area contributed by atoms with Crippen molar-refractivity contribution in [3.8, 4) is 0 Å². The molecule has 0 radical (unpaired) electrons. The van der Waals surface area contributed by atoms with E-state index in [1.54, 1.807) is 0 Å². The number of rotatable bonds is 19. The molecular formula is C22H44N2O4. The van der Waals surface area contributed by atoms with Crippen molar-refractivity contribution in [1.29, 1.82) is 0 Å². The Balaban J connectivity index is 3.82. The van der Waals surface area contributed by atoms with Crippen LogP contribution >= 0.6 is 0 Å². The Kier molecular flexibility index (Phi) is 17.9. The number of unbranched alkanes of at least 4 members (excludes halogenated alkanes) is 11. The third-order valence-electron chi connectivity index (χ3n) is 5.21. The quantitative estimate of drug-likeness (QED) is 0.244. The topological polar surface area (TPSA) is 81.1 Å². The maximum atomic E-state index is 11.3. The molecule has 0 saturated heterocycles. The van der Waals surface area contributed by atoms with Crippen LogP contribution in [0.5, 0.6) is 0 Å². The van der Waals surface area contributed by atoms with E-state index in [4.69, 9.17) is 0 Å². The van der Waals surface area contributed by atoms with Crippen molar-refractivity contribution in [1.82, 2.24) is 9.80 Å². The normalized spacial score (nSPS) is 10.8. The van der Waals surface area contributed by atoms with Crippen LogP contribution in [0.3, 0.4) is 0 Å². The lowest BCUT2D eigenvalue weighted by Crippen LogP contribution is -2.32. The molecule has 2 amide bonds. The molecule has 0 bridgehead atoms. The fourth-order valence-electron chi connectivity index (χ4n) is 3.38. The molecule has 0 aliphatic carbocycles. The zero-order chi connectivity index (χ0) is 21.0. The molecule has 0 aromatic heterocycles. The second kappa shape index (κ2) is 18.9. The van der Waals surface area contributed by atoms with Crippen molar-refractivity contribution in [2.75, 3.05) is 26.2 Å². The van der Waals surface area contributed by atoms with E-state index in [9.17, 15) is 19.8 Å². The Hall–Kier alpha value is -1.46. The van der Waals surface area contributed by atoms with Gasteiger partial charge in [0.25, 0.3) is 0 Å². The highest BCUT2D eigenvalue weighted by Gasteiger charge is 2.12. The number of hydrogen-bond acceptors (Lipinski definition) is 2. The fourth-order valence-corrected chi connectivity index (χ4v) is 3.38. The molecule has 6 nitrogen and oxygen atoms in total. The first-order chi connectivity index (χ1) is 13.5. The minimum Gasteiger partial charge on any atom is -0.465 e. The lowest BCUT2D eigenvalue weighted by Gasteiger charge is -2.20. The summed E-state index contributed by atoms with van der Waals surface area (Å²) in [5.74, 6) is 0. The Morgan fingerprint density at radius 2 is 0.750 bits per heavy atom. The molecule has 166 valence electrons. The van der Waals surface area contributed by atoms with E-state index in [0.29, 0.717) is 26.2 Å². The van der Waals surface area contributed by atoms with Crippen LogP contribution in [0.4, 0.5) is 9.59 Å². The first-order valence-corrected chi connectivity index (χ1v) is 11.5. The summed E-state index contributed by atoms with van der Waals surface area (Å²) in [7, 11) is 0. The van der Waals surface area contributed by atoms with Crippen molar-refractivity contribution in [3.05, 3.63) is 0 Å². The van der Waals surface area contributed by atoms with Gasteiger partial charge < -0.3 is 20.0 Å². The molecule has 0 unspecified atom stereocenters. The molecule has 0 spiro atoms. The van der Waals surface area contributed by atoms with Gasteiger partial charge in [-0.15, -0.1) is 0 Å². The Labute approximate surface area is 172 Å². The predicted octanol–water partition coefficient (Wildman–Crippen LogP) is 6.45. The molecule has 0 aromatic rings. The highest BCUT2D eigenvalue weighted by atomic mass is 16.4. The minimum absolute atomic E-state index is 0.586. The van der Waals surface area contributed by atoms with Gasteiger partial charge in [0, 0.05) is 26.2 Å². The summed E-state index contributed by atoms with van der Waals surface area (Å²) < 4.78 is 0. The summed E-state index contributed by atoms with van der Waals surface area (Å²) >= 11 is 0. The Bertz CT molecular complexity index is 355. The highest BCUT2D eigenvalue weighted by molar-refractivity contribution is 5.65. The molecule has 28 heavy (non-hydrogen) atoms.